The lowest BCUT2D eigenvalue weighted by Crippen LogP contribution is -2.10. The van der Waals surface area contributed by atoms with Gasteiger partial charge in [-0.1, -0.05) is 11.6 Å². The average Bonchev–Trinajstić information content (AvgIpc) is 3.16. The molecule has 3 aromatic heterocycles. The molecule has 0 atom stereocenters. The Balaban J connectivity index is 1.77. The summed E-state index contributed by atoms with van der Waals surface area (Å²) in [7, 11) is 1.43. The smallest absolute Gasteiger partial charge is 0.294 e. The number of halogens is 1. The number of rotatable bonds is 4. The van der Waals surface area contributed by atoms with Crippen molar-refractivity contribution in [3.63, 3.8) is 0 Å². The minimum atomic E-state index is -0.470. The molecule has 9 heteroatoms. The molecule has 112 valence electrons. The molecule has 0 bridgehead atoms. The van der Waals surface area contributed by atoms with E-state index in [0.29, 0.717) is 16.5 Å². The normalized spacial score (nSPS) is 10.5. The topological polar surface area (TPSA) is 95.1 Å². The van der Waals surface area contributed by atoms with Crippen LogP contribution in [-0.4, -0.2) is 32.9 Å². The summed E-state index contributed by atoms with van der Waals surface area (Å²) in [6.07, 6.45) is 4.65. The molecule has 0 saturated heterocycles. The SMILES string of the molecule is COc1cc(C(=O)Nc2cnn(-c3ncccc3Cl)c2)on1. The Morgan fingerprint density at radius 3 is 3.09 bits per heavy atom. The second-order valence-electron chi connectivity index (χ2n) is 4.17. The first-order valence-corrected chi connectivity index (χ1v) is 6.53. The van der Waals surface area contributed by atoms with Crippen LogP contribution >= 0.6 is 11.6 Å². The first-order valence-electron chi connectivity index (χ1n) is 6.15. The van der Waals surface area contributed by atoms with E-state index in [2.05, 4.69) is 20.6 Å². The van der Waals surface area contributed by atoms with Crippen LogP contribution in [0.5, 0.6) is 5.88 Å². The van der Waals surface area contributed by atoms with Crippen molar-refractivity contribution in [1.82, 2.24) is 19.9 Å². The summed E-state index contributed by atoms with van der Waals surface area (Å²) in [4.78, 5) is 16.1. The van der Waals surface area contributed by atoms with Crippen molar-refractivity contribution in [3.05, 3.63) is 47.6 Å². The highest BCUT2D eigenvalue weighted by Crippen LogP contribution is 2.19. The lowest BCUT2D eigenvalue weighted by molar-refractivity contribution is 0.0987. The zero-order chi connectivity index (χ0) is 15.5. The fourth-order valence-corrected chi connectivity index (χ4v) is 1.91. The fraction of sp³-hybridized carbons (Fsp3) is 0.0769. The van der Waals surface area contributed by atoms with E-state index in [-0.39, 0.29) is 11.6 Å². The predicted molar refractivity (Wildman–Crippen MR) is 77.4 cm³/mol. The Bertz CT molecular complexity index is 813. The van der Waals surface area contributed by atoms with Crippen molar-refractivity contribution in [3.8, 4) is 11.7 Å². The number of hydrogen-bond donors (Lipinski definition) is 1. The Kier molecular flexibility index (Phi) is 3.75. The van der Waals surface area contributed by atoms with Gasteiger partial charge in [0.15, 0.2) is 5.82 Å². The Morgan fingerprint density at radius 2 is 2.36 bits per heavy atom. The van der Waals surface area contributed by atoms with E-state index in [1.54, 1.807) is 24.5 Å². The molecule has 0 aliphatic carbocycles. The van der Waals surface area contributed by atoms with Crippen LogP contribution in [0.4, 0.5) is 5.69 Å². The Morgan fingerprint density at radius 1 is 1.50 bits per heavy atom. The van der Waals surface area contributed by atoms with Crippen LogP contribution in [0.1, 0.15) is 10.6 Å². The first-order chi connectivity index (χ1) is 10.7. The van der Waals surface area contributed by atoms with Crippen molar-refractivity contribution < 1.29 is 14.1 Å². The molecular weight excluding hydrogens is 310 g/mol. The van der Waals surface area contributed by atoms with Gasteiger partial charge in [-0.2, -0.15) is 5.10 Å². The van der Waals surface area contributed by atoms with Gasteiger partial charge in [0.05, 0.1) is 36.3 Å². The van der Waals surface area contributed by atoms with Crippen LogP contribution in [-0.2, 0) is 0 Å². The summed E-state index contributed by atoms with van der Waals surface area (Å²) in [6, 6.07) is 4.80. The van der Waals surface area contributed by atoms with E-state index < -0.39 is 5.91 Å². The van der Waals surface area contributed by atoms with Gasteiger partial charge < -0.3 is 14.6 Å². The minimum Gasteiger partial charge on any atom is -0.479 e. The molecule has 1 N–H and O–H groups in total. The van der Waals surface area contributed by atoms with Crippen LogP contribution < -0.4 is 10.1 Å². The third kappa shape index (κ3) is 2.77. The molecule has 22 heavy (non-hydrogen) atoms. The summed E-state index contributed by atoms with van der Waals surface area (Å²) in [5.74, 6) is 0.245. The molecule has 0 aliphatic rings. The van der Waals surface area contributed by atoms with Crippen LogP contribution in [0.2, 0.25) is 5.02 Å². The zero-order valence-corrected chi connectivity index (χ0v) is 12.1. The van der Waals surface area contributed by atoms with Gasteiger partial charge in [0.25, 0.3) is 11.8 Å². The van der Waals surface area contributed by atoms with E-state index in [1.807, 2.05) is 0 Å². The highest BCUT2D eigenvalue weighted by atomic mass is 35.5. The molecule has 0 aromatic carbocycles. The lowest BCUT2D eigenvalue weighted by atomic mass is 10.4. The van der Waals surface area contributed by atoms with E-state index in [1.165, 1.54) is 24.1 Å². The maximum atomic E-state index is 12.0. The summed E-state index contributed by atoms with van der Waals surface area (Å²) >= 11 is 6.04. The van der Waals surface area contributed by atoms with Gasteiger partial charge in [0.2, 0.25) is 5.76 Å². The highest BCUT2D eigenvalue weighted by Gasteiger charge is 2.15. The van der Waals surface area contributed by atoms with Gasteiger partial charge in [-0.05, 0) is 17.3 Å². The van der Waals surface area contributed by atoms with Crippen molar-refractivity contribution in [1.29, 1.82) is 0 Å². The molecule has 1 amide bonds. The number of methoxy groups -OCH3 is 1. The third-order valence-corrected chi connectivity index (χ3v) is 3.01. The highest BCUT2D eigenvalue weighted by molar-refractivity contribution is 6.32. The zero-order valence-electron chi connectivity index (χ0n) is 11.4. The largest absolute Gasteiger partial charge is 0.479 e. The fourth-order valence-electron chi connectivity index (χ4n) is 1.70. The maximum Gasteiger partial charge on any atom is 0.294 e. The maximum absolute atomic E-state index is 12.0. The van der Waals surface area contributed by atoms with Crippen molar-refractivity contribution in [2.45, 2.75) is 0 Å². The van der Waals surface area contributed by atoms with Gasteiger partial charge >= 0.3 is 0 Å². The summed E-state index contributed by atoms with van der Waals surface area (Å²) < 4.78 is 11.2. The van der Waals surface area contributed by atoms with E-state index in [4.69, 9.17) is 20.9 Å². The molecule has 0 aliphatic heterocycles. The standard InChI is InChI=1S/C13H10ClN5O3/c1-21-11-5-10(22-18-11)13(20)17-8-6-16-19(7-8)12-9(14)3-2-4-15-12/h2-7H,1H3,(H,17,20). The molecule has 0 radical (unpaired) electrons. The lowest BCUT2D eigenvalue weighted by Gasteiger charge is -2.01. The van der Waals surface area contributed by atoms with E-state index in [9.17, 15) is 4.79 Å². The van der Waals surface area contributed by atoms with Crippen LogP contribution in [0.25, 0.3) is 5.82 Å². The number of aromatic nitrogens is 4. The minimum absolute atomic E-state index is 0.0282. The van der Waals surface area contributed by atoms with Gasteiger partial charge in [-0.15, -0.1) is 0 Å². The summed E-state index contributed by atoms with van der Waals surface area (Å²) in [6.45, 7) is 0. The average molecular weight is 320 g/mol. The van der Waals surface area contributed by atoms with Gasteiger partial charge in [-0.3, -0.25) is 4.79 Å². The Hall–Kier alpha value is -2.87. The molecule has 0 unspecified atom stereocenters. The number of amides is 1. The number of hydrogen-bond acceptors (Lipinski definition) is 6. The third-order valence-electron chi connectivity index (χ3n) is 2.72. The monoisotopic (exact) mass is 319 g/mol. The molecule has 3 aromatic rings. The Labute approximate surface area is 129 Å². The number of carbonyl (C=O) groups is 1. The van der Waals surface area contributed by atoms with Gasteiger partial charge in [0.1, 0.15) is 0 Å². The van der Waals surface area contributed by atoms with Crippen molar-refractivity contribution in [2.75, 3.05) is 12.4 Å². The molecule has 3 rings (SSSR count). The molecule has 8 nitrogen and oxygen atoms in total. The molecule has 0 saturated carbocycles. The number of pyridine rings is 1. The first kappa shape index (κ1) is 14.1. The van der Waals surface area contributed by atoms with E-state index >= 15 is 0 Å². The number of nitrogens with one attached hydrogen (secondary N) is 1. The predicted octanol–water partition coefficient (Wildman–Crippen LogP) is 2.17. The summed E-state index contributed by atoms with van der Waals surface area (Å²) in [5.41, 5.74) is 0.460. The van der Waals surface area contributed by atoms with Gasteiger partial charge in [-0.25, -0.2) is 9.67 Å². The number of ether oxygens (including phenoxy) is 1. The molecule has 3 heterocycles. The van der Waals surface area contributed by atoms with Crippen LogP contribution in [0, 0.1) is 0 Å². The number of nitrogens with zero attached hydrogens (tertiary/aromatic N) is 4. The van der Waals surface area contributed by atoms with E-state index in [0.717, 1.165) is 0 Å². The van der Waals surface area contributed by atoms with Crippen LogP contribution in [0.15, 0.2) is 41.3 Å². The molecule has 0 spiro atoms. The van der Waals surface area contributed by atoms with Crippen molar-refractivity contribution >= 4 is 23.2 Å². The summed E-state index contributed by atoms with van der Waals surface area (Å²) in [5, 5.41) is 10.7. The molecule has 0 fully saturated rings. The number of carbonyl (C=O) groups excluding carboxylic acids is 1. The number of anilines is 1. The second kappa shape index (κ2) is 5.86. The van der Waals surface area contributed by atoms with Gasteiger partial charge in [0, 0.05) is 6.20 Å². The second-order valence-corrected chi connectivity index (χ2v) is 4.58. The van der Waals surface area contributed by atoms with Crippen LogP contribution in [0.3, 0.4) is 0 Å². The quantitative estimate of drug-likeness (QED) is 0.792. The van der Waals surface area contributed by atoms with Crippen molar-refractivity contribution in [2.24, 2.45) is 0 Å². The molecular formula is C13H10ClN5O3.